The van der Waals surface area contributed by atoms with Gasteiger partial charge >= 0.3 is 5.97 Å². The van der Waals surface area contributed by atoms with Gasteiger partial charge in [-0.2, -0.15) is 0 Å². The average molecular weight is 306 g/mol. The minimum absolute atomic E-state index is 0.151. The van der Waals surface area contributed by atoms with E-state index in [-0.39, 0.29) is 6.10 Å². The number of aliphatic hydroxyl groups is 1. The van der Waals surface area contributed by atoms with Crippen molar-refractivity contribution in [1.82, 2.24) is 0 Å². The fourth-order valence-corrected chi connectivity index (χ4v) is 2.61. The maximum absolute atomic E-state index is 12.0. The Morgan fingerprint density at radius 2 is 1.82 bits per heavy atom. The molecule has 0 aliphatic carbocycles. The summed E-state index contributed by atoms with van der Waals surface area (Å²) in [5, 5.41) is 10.0. The monoisotopic (exact) mass is 306 g/mol. The quantitative estimate of drug-likeness (QED) is 0.640. The third-order valence-electron chi connectivity index (χ3n) is 4.18. The van der Waals surface area contributed by atoms with Crippen molar-refractivity contribution in [1.29, 1.82) is 0 Å². The lowest BCUT2D eigenvalue weighted by atomic mass is 9.93. The molecular weight excluding hydrogens is 276 g/mol. The van der Waals surface area contributed by atoms with Gasteiger partial charge in [-0.25, -0.2) is 4.79 Å². The molecule has 3 atom stereocenters. The maximum Gasteiger partial charge on any atom is 0.339 e. The Balaban J connectivity index is 2.37. The summed E-state index contributed by atoms with van der Waals surface area (Å²) in [5.74, 6) is 0.153. The molecule has 0 saturated carbocycles. The van der Waals surface area contributed by atoms with Crippen LogP contribution in [0.15, 0.2) is 30.3 Å². The van der Waals surface area contributed by atoms with E-state index in [0.29, 0.717) is 11.5 Å². The van der Waals surface area contributed by atoms with Crippen molar-refractivity contribution in [2.24, 2.45) is 5.92 Å². The molecule has 3 heteroatoms. The molecule has 22 heavy (non-hydrogen) atoms. The molecule has 124 valence electrons. The summed E-state index contributed by atoms with van der Waals surface area (Å²) in [4.78, 5) is 12.0. The predicted octanol–water partition coefficient (Wildman–Crippen LogP) is 4.65. The van der Waals surface area contributed by atoms with Crippen molar-refractivity contribution in [2.45, 2.75) is 71.5 Å². The Kier molecular flexibility index (Phi) is 8.83. The molecule has 1 N–H and O–H groups in total. The van der Waals surface area contributed by atoms with Crippen molar-refractivity contribution in [3.63, 3.8) is 0 Å². The van der Waals surface area contributed by atoms with Crippen molar-refractivity contribution in [2.75, 3.05) is 0 Å². The molecule has 0 aliphatic heterocycles. The Hall–Kier alpha value is -1.35. The van der Waals surface area contributed by atoms with E-state index in [1.807, 2.05) is 13.0 Å². The van der Waals surface area contributed by atoms with Gasteiger partial charge in [-0.3, -0.25) is 0 Å². The largest absolute Gasteiger partial charge is 0.460 e. The lowest BCUT2D eigenvalue weighted by molar-refractivity contribution is -0.159. The van der Waals surface area contributed by atoms with Crippen LogP contribution in [0.2, 0.25) is 0 Å². The molecule has 0 bridgehead atoms. The summed E-state index contributed by atoms with van der Waals surface area (Å²) >= 11 is 0. The number of hydrogen-bond acceptors (Lipinski definition) is 3. The first-order valence-electron chi connectivity index (χ1n) is 8.51. The van der Waals surface area contributed by atoms with Gasteiger partial charge in [0.25, 0.3) is 0 Å². The van der Waals surface area contributed by atoms with Crippen LogP contribution < -0.4 is 0 Å². The van der Waals surface area contributed by atoms with Gasteiger partial charge in [0, 0.05) is 0 Å². The van der Waals surface area contributed by atoms with E-state index in [1.165, 1.54) is 25.7 Å². The summed E-state index contributed by atoms with van der Waals surface area (Å²) in [6, 6.07) is 8.91. The second-order valence-corrected chi connectivity index (χ2v) is 6.05. The van der Waals surface area contributed by atoms with E-state index in [2.05, 4.69) is 13.8 Å². The SMILES string of the molecule is CCCC[C@H](CC)CC[C@@H](C)OC(=O)[C@H](O)c1ccccc1. The zero-order valence-electron chi connectivity index (χ0n) is 14.1. The van der Waals surface area contributed by atoms with Crippen molar-refractivity contribution in [3.05, 3.63) is 35.9 Å². The zero-order valence-corrected chi connectivity index (χ0v) is 14.1. The fraction of sp³-hybridized carbons (Fsp3) is 0.632. The van der Waals surface area contributed by atoms with Gasteiger partial charge in [-0.15, -0.1) is 0 Å². The molecule has 1 aromatic carbocycles. The second-order valence-electron chi connectivity index (χ2n) is 6.05. The Morgan fingerprint density at radius 1 is 1.14 bits per heavy atom. The van der Waals surface area contributed by atoms with Gasteiger partial charge in [-0.1, -0.05) is 69.9 Å². The molecule has 0 heterocycles. The normalized spacial score (nSPS) is 15.1. The summed E-state index contributed by atoms with van der Waals surface area (Å²) in [7, 11) is 0. The van der Waals surface area contributed by atoms with Crippen LogP contribution in [0.5, 0.6) is 0 Å². The molecule has 0 fully saturated rings. The molecule has 3 nitrogen and oxygen atoms in total. The topological polar surface area (TPSA) is 46.5 Å². The average Bonchev–Trinajstić information content (AvgIpc) is 2.55. The smallest absolute Gasteiger partial charge is 0.339 e. The third kappa shape index (κ3) is 6.61. The first kappa shape index (κ1) is 18.7. The number of hydrogen-bond donors (Lipinski definition) is 1. The molecule has 0 unspecified atom stereocenters. The number of carbonyl (C=O) groups is 1. The highest BCUT2D eigenvalue weighted by Crippen LogP contribution is 2.21. The number of benzene rings is 1. The van der Waals surface area contributed by atoms with Gasteiger partial charge in [-0.05, 0) is 31.2 Å². The number of aliphatic hydroxyl groups excluding tert-OH is 1. The van der Waals surface area contributed by atoms with E-state index in [1.54, 1.807) is 24.3 Å². The second kappa shape index (κ2) is 10.4. The Labute approximate surface area is 134 Å². The number of carbonyl (C=O) groups excluding carboxylic acids is 1. The Morgan fingerprint density at radius 3 is 2.41 bits per heavy atom. The number of ether oxygens (including phenoxy) is 1. The minimum Gasteiger partial charge on any atom is -0.460 e. The summed E-state index contributed by atoms with van der Waals surface area (Å²) < 4.78 is 5.38. The van der Waals surface area contributed by atoms with Crippen molar-refractivity contribution in [3.8, 4) is 0 Å². The van der Waals surface area contributed by atoms with Gasteiger partial charge in [0.2, 0.25) is 0 Å². The van der Waals surface area contributed by atoms with Crippen LogP contribution in [-0.4, -0.2) is 17.2 Å². The first-order valence-corrected chi connectivity index (χ1v) is 8.51. The summed E-state index contributed by atoms with van der Waals surface area (Å²) in [6.45, 7) is 6.33. The van der Waals surface area contributed by atoms with Crippen LogP contribution in [0, 0.1) is 5.92 Å². The molecule has 1 rings (SSSR count). The lowest BCUT2D eigenvalue weighted by Crippen LogP contribution is -2.21. The highest BCUT2D eigenvalue weighted by molar-refractivity contribution is 5.76. The third-order valence-corrected chi connectivity index (χ3v) is 4.18. The highest BCUT2D eigenvalue weighted by Gasteiger charge is 2.21. The molecule has 0 amide bonds. The van der Waals surface area contributed by atoms with Crippen LogP contribution >= 0.6 is 0 Å². The van der Waals surface area contributed by atoms with E-state index in [4.69, 9.17) is 4.74 Å². The molecule has 0 aliphatic rings. The van der Waals surface area contributed by atoms with Crippen LogP contribution in [0.25, 0.3) is 0 Å². The maximum atomic E-state index is 12.0. The van der Waals surface area contributed by atoms with Gasteiger partial charge < -0.3 is 9.84 Å². The van der Waals surface area contributed by atoms with Crippen LogP contribution in [0.3, 0.4) is 0 Å². The van der Waals surface area contributed by atoms with E-state index < -0.39 is 12.1 Å². The standard InChI is InChI=1S/C19H30O3/c1-4-6-10-16(5-2)14-13-15(3)22-19(21)18(20)17-11-8-7-9-12-17/h7-9,11-12,15-16,18,20H,4-6,10,13-14H2,1-3H3/t15-,16+,18-/m1/s1. The van der Waals surface area contributed by atoms with E-state index in [9.17, 15) is 9.90 Å². The fourth-order valence-electron chi connectivity index (χ4n) is 2.61. The van der Waals surface area contributed by atoms with Gasteiger partial charge in [0.05, 0.1) is 6.10 Å². The summed E-state index contributed by atoms with van der Waals surface area (Å²) in [6.07, 6.45) is 5.51. The van der Waals surface area contributed by atoms with Gasteiger partial charge in [0.1, 0.15) is 0 Å². The number of unbranched alkanes of at least 4 members (excludes halogenated alkanes) is 1. The minimum atomic E-state index is -1.19. The van der Waals surface area contributed by atoms with Crippen molar-refractivity contribution >= 4 is 5.97 Å². The highest BCUT2D eigenvalue weighted by atomic mass is 16.6. The Bertz CT molecular complexity index is 416. The molecule has 0 spiro atoms. The molecule has 0 saturated heterocycles. The summed E-state index contributed by atoms with van der Waals surface area (Å²) in [5.41, 5.74) is 0.578. The first-order chi connectivity index (χ1) is 10.6. The molecular formula is C19H30O3. The van der Waals surface area contributed by atoms with Gasteiger partial charge in [0.15, 0.2) is 6.10 Å². The van der Waals surface area contributed by atoms with Crippen molar-refractivity contribution < 1.29 is 14.6 Å². The molecule has 1 aromatic rings. The van der Waals surface area contributed by atoms with Crippen LogP contribution in [0.1, 0.15) is 71.0 Å². The number of rotatable bonds is 10. The van der Waals surface area contributed by atoms with E-state index >= 15 is 0 Å². The van der Waals surface area contributed by atoms with Crippen LogP contribution in [-0.2, 0) is 9.53 Å². The zero-order chi connectivity index (χ0) is 16.4. The van der Waals surface area contributed by atoms with Crippen LogP contribution in [0.4, 0.5) is 0 Å². The predicted molar refractivity (Wildman–Crippen MR) is 89.5 cm³/mol. The lowest BCUT2D eigenvalue weighted by Gasteiger charge is -2.19. The molecule has 0 radical (unpaired) electrons. The molecule has 0 aromatic heterocycles. The van der Waals surface area contributed by atoms with E-state index in [0.717, 1.165) is 12.8 Å². The number of esters is 1.